The number of hydrogen-bond donors (Lipinski definition) is 1. The van der Waals surface area contributed by atoms with Crippen LogP contribution in [-0.4, -0.2) is 13.1 Å². The van der Waals surface area contributed by atoms with Gasteiger partial charge in [-0.05, 0) is 48.7 Å². The fraction of sp³-hybridized carbons (Fsp3) is 0.235. The van der Waals surface area contributed by atoms with E-state index in [0.717, 1.165) is 22.4 Å². The third kappa shape index (κ3) is 3.54. The van der Waals surface area contributed by atoms with Crippen LogP contribution < -0.4 is 10.5 Å². The van der Waals surface area contributed by atoms with Gasteiger partial charge in [-0.1, -0.05) is 18.2 Å². The normalized spacial score (nSPS) is 10.2. The van der Waals surface area contributed by atoms with E-state index in [1.807, 2.05) is 44.2 Å². The van der Waals surface area contributed by atoms with Gasteiger partial charge in [-0.2, -0.15) is 0 Å². The highest BCUT2D eigenvalue weighted by atomic mass is 16.5. The predicted molar refractivity (Wildman–Crippen MR) is 82.4 cm³/mol. The number of benzene rings is 2. The molecule has 0 aliphatic heterocycles. The van der Waals surface area contributed by atoms with Crippen molar-refractivity contribution in [1.82, 2.24) is 0 Å². The lowest BCUT2D eigenvalue weighted by Crippen LogP contribution is -2.09. The van der Waals surface area contributed by atoms with Crippen LogP contribution in [0.1, 0.15) is 27.0 Å². The average Bonchev–Trinajstić information content (AvgIpc) is 2.49. The van der Waals surface area contributed by atoms with Crippen LogP contribution in [0, 0.1) is 13.8 Å². The van der Waals surface area contributed by atoms with Crippen LogP contribution in [0.4, 0.5) is 5.69 Å². The van der Waals surface area contributed by atoms with Crippen molar-refractivity contribution in [1.29, 1.82) is 0 Å². The highest BCUT2D eigenvalue weighted by Crippen LogP contribution is 2.21. The lowest BCUT2D eigenvalue weighted by atomic mass is 10.0. The second-order valence-corrected chi connectivity index (χ2v) is 4.97. The van der Waals surface area contributed by atoms with Crippen molar-refractivity contribution >= 4 is 11.7 Å². The maximum atomic E-state index is 12.1. The minimum atomic E-state index is -0.407. The maximum absolute atomic E-state index is 12.1. The first kappa shape index (κ1) is 14.9. The number of aryl methyl sites for hydroxylation is 2. The van der Waals surface area contributed by atoms with E-state index in [4.69, 9.17) is 15.2 Å². The van der Waals surface area contributed by atoms with Crippen molar-refractivity contribution in [3.63, 3.8) is 0 Å². The number of ether oxygens (including phenoxy) is 2. The number of nitrogen functional groups attached to an aromatic ring is 1. The van der Waals surface area contributed by atoms with E-state index in [0.29, 0.717) is 11.3 Å². The Balaban J connectivity index is 2.08. The highest BCUT2D eigenvalue weighted by molar-refractivity contribution is 5.96. The standard InChI is InChI=1S/C17H19NO3/c1-11-8-12(2)16(18)15(9-11)17(19)21-10-13-4-6-14(20-3)7-5-13/h4-9H,10,18H2,1-3H3. The number of hydrogen-bond acceptors (Lipinski definition) is 4. The summed E-state index contributed by atoms with van der Waals surface area (Å²) in [6, 6.07) is 11.1. The Bertz CT molecular complexity index is 648. The Kier molecular flexibility index (Phi) is 4.48. The predicted octanol–water partition coefficient (Wildman–Crippen LogP) is 3.25. The van der Waals surface area contributed by atoms with Gasteiger partial charge in [0.2, 0.25) is 0 Å². The van der Waals surface area contributed by atoms with Gasteiger partial charge in [-0.25, -0.2) is 4.79 Å². The number of nitrogens with two attached hydrogens (primary N) is 1. The van der Waals surface area contributed by atoms with Crippen molar-refractivity contribution in [2.24, 2.45) is 0 Å². The molecule has 2 aromatic carbocycles. The zero-order valence-corrected chi connectivity index (χ0v) is 12.5. The molecule has 2 aromatic rings. The summed E-state index contributed by atoms with van der Waals surface area (Å²) < 4.78 is 10.4. The SMILES string of the molecule is COc1ccc(COC(=O)c2cc(C)cc(C)c2N)cc1. The molecule has 0 aromatic heterocycles. The van der Waals surface area contributed by atoms with Gasteiger partial charge >= 0.3 is 5.97 Å². The molecule has 2 N–H and O–H groups in total. The van der Waals surface area contributed by atoms with Crippen LogP contribution in [0.5, 0.6) is 5.75 Å². The third-order valence-corrected chi connectivity index (χ3v) is 3.28. The van der Waals surface area contributed by atoms with Gasteiger partial charge in [0.25, 0.3) is 0 Å². The minimum Gasteiger partial charge on any atom is -0.497 e. The topological polar surface area (TPSA) is 61.5 Å². The molecule has 4 nitrogen and oxygen atoms in total. The van der Waals surface area contributed by atoms with E-state index in [-0.39, 0.29) is 6.61 Å². The zero-order chi connectivity index (χ0) is 15.4. The lowest BCUT2D eigenvalue weighted by molar-refractivity contribution is 0.0474. The molecule has 110 valence electrons. The van der Waals surface area contributed by atoms with Gasteiger partial charge < -0.3 is 15.2 Å². The molecule has 0 aliphatic rings. The number of carbonyl (C=O) groups is 1. The van der Waals surface area contributed by atoms with Crippen LogP contribution in [0.2, 0.25) is 0 Å². The van der Waals surface area contributed by atoms with Gasteiger partial charge in [0, 0.05) is 5.69 Å². The van der Waals surface area contributed by atoms with E-state index >= 15 is 0 Å². The van der Waals surface area contributed by atoms with Gasteiger partial charge in [0.1, 0.15) is 12.4 Å². The molecule has 0 amide bonds. The monoisotopic (exact) mass is 285 g/mol. The van der Waals surface area contributed by atoms with Gasteiger partial charge in [-0.15, -0.1) is 0 Å². The third-order valence-electron chi connectivity index (χ3n) is 3.28. The summed E-state index contributed by atoms with van der Waals surface area (Å²) in [5.74, 6) is 0.360. The maximum Gasteiger partial charge on any atom is 0.340 e. The molecule has 0 saturated heterocycles. The Morgan fingerprint density at radius 2 is 1.81 bits per heavy atom. The van der Waals surface area contributed by atoms with Crippen molar-refractivity contribution in [2.75, 3.05) is 12.8 Å². The Hall–Kier alpha value is -2.49. The highest BCUT2D eigenvalue weighted by Gasteiger charge is 2.13. The largest absolute Gasteiger partial charge is 0.497 e. The minimum absolute atomic E-state index is 0.204. The van der Waals surface area contributed by atoms with Gasteiger partial charge in [-0.3, -0.25) is 0 Å². The van der Waals surface area contributed by atoms with Crippen LogP contribution in [-0.2, 0) is 11.3 Å². The summed E-state index contributed by atoms with van der Waals surface area (Å²) in [6.45, 7) is 4.00. The molecule has 0 aliphatic carbocycles. The van der Waals surface area contributed by atoms with E-state index in [9.17, 15) is 4.79 Å². The quantitative estimate of drug-likeness (QED) is 0.692. The molecule has 0 radical (unpaired) electrons. The summed E-state index contributed by atoms with van der Waals surface area (Å²) in [5.41, 5.74) is 9.59. The number of anilines is 1. The summed E-state index contributed by atoms with van der Waals surface area (Å²) in [4.78, 5) is 12.1. The van der Waals surface area contributed by atoms with E-state index < -0.39 is 5.97 Å². The Morgan fingerprint density at radius 1 is 1.14 bits per heavy atom. The lowest BCUT2D eigenvalue weighted by Gasteiger charge is -2.10. The van der Waals surface area contributed by atoms with Crippen molar-refractivity contribution in [3.05, 3.63) is 58.7 Å². The molecular formula is C17H19NO3. The average molecular weight is 285 g/mol. The Labute approximate surface area is 124 Å². The van der Waals surface area contributed by atoms with Crippen molar-refractivity contribution in [3.8, 4) is 5.75 Å². The number of rotatable bonds is 4. The van der Waals surface area contributed by atoms with E-state index in [1.165, 1.54) is 0 Å². The first-order chi connectivity index (χ1) is 10.0. The van der Waals surface area contributed by atoms with Gasteiger partial charge in [0.15, 0.2) is 0 Å². The first-order valence-electron chi connectivity index (χ1n) is 6.68. The Morgan fingerprint density at radius 3 is 2.43 bits per heavy atom. The molecule has 0 unspecified atom stereocenters. The van der Waals surface area contributed by atoms with Crippen LogP contribution in [0.15, 0.2) is 36.4 Å². The van der Waals surface area contributed by atoms with E-state index in [1.54, 1.807) is 13.2 Å². The molecule has 0 heterocycles. The van der Waals surface area contributed by atoms with Crippen molar-refractivity contribution in [2.45, 2.75) is 20.5 Å². The number of carbonyl (C=O) groups excluding carboxylic acids is 1. The summed E-state index contributed by atoms with van der Waals surface area (Å²) >= 11 is 0. The van der Waals surface area contributed by atoms with Crippen molar-refractivity contribution < 1.29 is 14.3 Å². The molecule has 0 atom stereocenters. The molecule has 21 heavy (non-hydrogen) atoms. The van der Waals surface area contributed by atoms with Crippen LogP contribution >= 0.6 is 0 Å². The second-order valence-electron chi connectivity index (χ2n) is 4.97. The molecular weight excluding hydrogens is 266 g/mol. The molecule has 0 spiro atoms. The summed E-state index contributed by atoms with van der Waals surface area (Å²) in [7, 11) is 1.61. The van der Waals surface area contributed by atoms with Crippen LogP contribution in [0.25, 0.3) is 0 Å². The smallest absolute Gasteiger partial charge is 0.340 e. The van der Waals surface area contributed by atoms with Crippen LogP contribution in [0.3, 0.4) is 0 Å². The van der Waals surface area contributed by atoms with E-state index in [2.05, 4.69) is 0 Å². The molecule has 0 saturated carbocycles. The summed E-state index contributed by atoms with van der Waals surface area (Å²) in [5, 5.41) is 0. The molecule has 2 rings (SSSR count). The fourth-order valence-corrected chi connectivity index (χ4v) is 2.10. The zero-order valence-electron chi connectivity index (χ0n) is 12.5. The number of esters is 1. The molecule has 4 heteroatoms. The fourth-order valence-electron chi connectivity index (χ4n) is 2.10. The molecule has 0 fully saturated rings. The van der Waals surface area contributed by atoms with Gasteiger partial charge in [0.05, 0.1) is 12.7 Å². The summed E-state index contributed by atoms with van der Waals surface area (Å²) in [6.07, 6.45) is 0. The number of methoxy groups -OCH3 is 1. The molecule has 0 bridgehead atoms. The first-order valence-corrected chi connectivity index (χ1v) is 6.68. The second kappa shape index (κ2) is 6.31.